The fraction of sp³-hybridized carbons (Fsp3) is 0.833. The Morgan fingerprint density at radius 2 is 2.10 bits per heavy atom. The summed E-state index contributed by atoms with van der Waals surface area (Å²) in [5.74, 6) is -0.609. The molecule has 0 heterocycles. The molecule has 0 saturated heterocycles. The standard InChI is InChI=1S/C6H11NO2.ClH/c7-5(6(8)9)4-2-1-3-4;/h4-5H,1-3,7H2,(H,8,9);1H/t5-;/m1./s1. The van der Waals surface area contributed by atoms with Crippen LogP contribution in [0, 0.1) is 5.92 Å². The maximum atomic E-state index is 10.2. The van der Waals surface area contributed by atoms with Crippen LogP contribution >= 0.6 is 12.4 Å². The first-order chi connectivity index (χ1) is 4.22. The van der Waals surface area contributed by atoms with Crippen molar-refractivity contribution in [3.05, 3.63) is 0 Å². The Kier molecular flexibility index (Phi) is 3.68. The summed E-state index contributed by atoms with van der Waals surface area (Å²) < 4.78 is 0. The van der Waals surface area contributed by atoms with Gasteiger partial charge in [-0.1, -0.05) is 6.42 Å². The molecule has 3 nitrogen and oxygen atoms in total. The van der Waals surface area contributed by atoms with E-state index in [0.29, 0.717) is 0 Å². The molecule has 1 aliphatic rings. The summed E-state index contributed by atoms with van der Waals surface area (Å²) in [6, 6.07) is -0.612. The van der Waals surface area contributed by atoms with Gasteiger partial charge in [-0.25, -0.2) is 0 Å². The van der Waals surface area contributed by atoms with Crippen LogP contribution in [0.1, 0.15) is 19.3 Å². The first-order valence-corrected chi connectivity index (χ1v) is 3.20. The predicted molar refractivity (Wildman–Crippen MR) is 40.2 cm³/mol. The van der Waals surface area contributed by atoms with Gasteiger partial charge in [-0.05, 0) is 18.8 Å². The van der Waals surface area contributed by atoms with Gasteiger partial charge in [0.2, 0.25) is 0 Å². The zero-order chi connectivity index (χ0) is 6.85. The molecule has 1 rings (SSSR count). The molecule has 60 valence electrons. The van der Waals surface area contributed by atoms with Crippen LogP contribution in [-0.2, 0) is 4.79 Å². The van der Waals surface area contributed by atoms with Crippen molar-refractivity contribution in [3.8, 4) is 0 Å². The molecular formula is C6H12ClNO2. The van der Waals surface area contributed by atoms with Crippen LogP contribution in [0.5, 0.6) is 0 Å². The highest BCUT2D eigenvalue weighted by Gasteiger charge is 2.28. The zero-order valence-corrected chi connectivity index (χ0v) is 6.43. The number of carbonyl (C=O) groups is 1. The molecule has 1 fully saturated rings. The molecule has 10 heavy (non-hydrogen) atoms. The third-order valence-electron chi connectivity index (χ3n) is 1.94. The summed E-state index contributed by atoms with van der Waals surface area (Å²) in [5.41, 5.74) is 5.32. The van der Waals surface area contributed by atoms with E-state index >= 15 is 0 Å². The predicted octanol–water partition coefficient (Wildman–Crippen LogP) is 0.620. The summed E-state index contributed by atoms with van der Waals surface area (Å²) in [5, 5.41) is 8.39. The van der Waals surface area contributed by atoms with Crippen LogP contribution in [0.15, 0.2) is 0 Å². The lowest BCUT2D eigenvalue weighted by Gasteiger charge is -2.28. The van der Waals surface area contributed by atoms with Crippen molar-refractivity contribution in [3.63, 3.8) is 0 Å². The average Bonchev–Trinajstić information content (AvgIpc) is 1.60. The Hall–Kier alpha value is -0.280. The monoisotopic (exact) mass is 165 g/mol. The Bertz CT molecular complexity index is 125. The summed E-state index contributed by atoms with van der Waals surface area (Å²) in [6.07, 6.45) is 3.13. The van der Waals surface area contributed by atoms with Gasteiger partial charge >= 0.3 is 5.97 Å². The molecule has 1 atom stereocenters. The number of hydrogen-bond donors (Lipinski definition) is 2. The fourth-order valence-corrected chi connectivity index (χ4v) is 1.00. The number of nitrogens with two attached hydrogens (primary N) is 1. The number of aliphatic carboxylic acids is 1. The zero-order valence-electron chi connectivity index (χ0n) is 5.62. The van der Waals surface area contributed by atoms with Crippen LogP contribution < -0.4 is 5.73 Å². The van der Waals surface area contributed by atoms with Crippen molar-refractivity contribution < 1.29 is 9.90 Å². The number of carboxylic acids is 1. The van der Waals surface area contributed by atoms with Gasteiger partial charge in [0.15, 0.2) is 0 Å². The van der Waals surface area contributed by atoms with E-state index in [4.69, 9.17) is 10.8 Å². The molecule has 1 aliphatic carbocycles. The molecule has 0 spiro atoms. The van der Waals surface area contributed by atoms with E-state index in [2.05, 4.69) is 0 Å². The topological polar surface area (TPSA) is 63.3 Å². The quantitative estimate of drug-likeness (QED) is 0.631. The maximum Gasteiger partial charge on any atom is 0.320 e. The lowest BCUT2D eigenvalue weighted by atomic mass is 9.80. The SMILES string of the molecule is Cl.N[C@@H](C(=O)O)C1CCC1. The third kappa shape index (κ3) is 1.85. The molecule has 0 amide bonds. The van der Waals surface area contributed by atoms with E-state index in [-0.39, 0.29) is 18.3 Å². The van der Waals surface area contributed by atoms with Gasteiger partial charge in [0, 0.05) is 0 Å². The molecule has 0 aromatic heterocycles. The molecule has 0 radical (unpaired) electrons. The van der Waals surface area contributed by atoms with E-state index < -0.39 is 12.0 Å². The Morgan fingerprint density at radius 3 is 2.20 bits per heavy atom. The molecule has 0 unspecified atom stereocenters. The van der Waals surface area contributed by atoms with Crippen LogP contribution in [0.25, 0.3) is 0 Å². The lowest BCUT2D eigenvalue weighted by molar-refractivity contribution is -0.140. The fourth-order valence-electron chi connectivity index (χ4n) is 1.00. The van der Waals surface area contributed by atoms with Crippen LogP contribution in [0.4, 0.5) is 0 Å². The molecular weight excluding hydrogens is 154 g/mol. The summed E-state index contributed by atoms with van der Waals surface area (Å²) >= 11 is 0. The third-order valence-corrected chi connectivity index (χ3v) is 1.94. The van der Waals surface area contributed by atoms with Gasteiger partial charge in [-0.3, -0.25) is 4.79 Å². The number of carboxylic acid groups (broad SMARTS) is 1. The van der Waals surface area contributed by atoms with Crippen LogP contribution in [0.3, 0.4) is 0 Å². The second kappa shape index (κ2) is 3.78. The second-order valence-electron chi connectivity index (χ2n) is 2.56. The Morgan fingerprint density at radius 1 is 1.60 bits per heavy atom. The van der Waals surface area contributed by atoms with E-state index in [0.717, 1.165) is 19.3 Å². The van der Waals surface area contributed by atoms with Crippen molar-refractivity contribution in [2.75, 3.05) is 0 Å². The summed E-state index contributed by atoms with van der Waals surface area (Å²) in [6.45, 7) is 0. The van der Waals surface area contributed by atoms with Gasteiger partial charge in [-0.2, -0.15) is 0 Å². The van der Waals surface area contributed by atoms with Gasteiger partial charge in [-0.15, -0.1) is 12.4 Å². The first-order valence-electron chi connectivity index (χ1n) is 3.20. The Labute approximate surface area is 66.0 Å². The Balaban J connectivity index is 0.000000810. The molecule has 0 aromatic carbocycles. The largest absolute Gasteiger partial charge is 0.480 e. The van der Waals surface area contributed by atoms with Gasteiger partial charge in [0.25, 0.3) is 0 Å². The van der Waals surface area contributed by atoms with Crippen LogP contribution in [-0.4, -0.2) is 17.1 Å². The van der Waals surface area contributed by atoms with E-state index in [1.54, 1.807) is 0 Å². The van der Waals surface area contributed by atoms with Crippen molar-refractivity contribution in [2.45, 2.75) is 25.3 Å². The smallest absolute Gasteiger partial charge is 0.320 e. The molecule has 0 aromatic rings. The van der Waals surface area contributed by atoms with Crippen molar-refractivity contribution in [1.82, 2.24) is 0 Å². The highest BCUT2D eigenvalue weighted by atomic mass is 35.5. The minimum absolute atomic E-state index is 0. The van der Waals surface area contributed by atoms with Crippen LogP contribution in [0.2, 0.25) is 0 Å². The number of halogens is 1. The second-order valence-corrected chi connectivity index (χ2v) is 2.56. The molecule has 4 heteroatoms. The van der Waals surface area contributed by atoms with Gasteiger partial charge in [0.05, 0.1) is 0 Å². The van der Waals surface area contributed by atoms with Crippen molar-refractivity contribution in [2.24, 2.45) is 11.7 Å². The van der Waals surface area contributed by atoms with E-state index in [1.165, 1.54) is 0 Å². The minimum atomic E-state index is -0.861. The highest BCUT2D eigenvalue weighted by molar-refractivity contribution is 5.85. The average molecular weight is 166 g/mol. The molecule has 0 bridgehead atoms. The number of rotatable bonds is 2. The van der Waals surface area contributed by atoms with E-state index in [1.807, 2.05) is 0 Å². The van der Waals surface area contributed by atoms with Crippen molar-refractivity contribution in [1.29, 1.82) is 0 Å². The maximum absolute atomic E-state index is 10.2. The van der Waals surface area contributed by atoms with E-state index in [9.17, 15) is 4.79 Å². The summed E-state index contributed by atoms with van der Waals surface area (Å²) in [7, 11) is 0. The summed E-state index contributed by atoms with van der Waals surface area (Å²) in [4.78, 5) is 10.2. The lowest BCUT2D eigenvalue weighted by Crippen LogP contribution is -2.41. The number of hydrogen-bond acceptors (Lipinski definition) is 2. The first kappa shape index (κ1) is 9.72. The van der Waals surface area contributed by atoms with Crippen molar-refractivity contribution >= 4 is 18.4 Å². The minimum Gasteiger partial charge on any atom is -0.480 e. The highest BCUT2D eigenvalue weighted by Crippen LogP contribution is 2.28. The normalized spacial score (nSPS) is 20.5. The van der Waals surface area contributed by atoms with Gasteiger partial charge in [0.1, 0.15) is 6.04 Å². The molecule has 0 aliphatic heterocycles. The van der Waals surface area contributed by atoms with Gasteiger partial charge < -0.3 is 10.8 Å². The molecule has 1 saturated carbocycles. The molecule has 3 N–H and O–H groups in total.